The number of allylic oxidation sites excluding steroid dienone is 1. The minimum Gasteiger partial charge on any atom is -0.359 e. The van der Waals surface area contributed by atoms with Crippen molar-refractivity contribution in [1.29, 1.82) is 0 Å². The quantitative estimate of drug-likeness (QED) is 0.723. The van der Waals surface area contributed by atoms with Crippen LogP contribution in [0.5, 0.6) is 0 Å². The topological polar surface area (TPSA) is 12.0 Å². The second-order valence-electron chi connectivity index (χ2n) is 3.57. The lowest BCUT2D eigenvalue weighted by atomic mass is 9.99. The van der Waals surface area contributed by atoms with Gasteiger partial charge in [-0.25, -0.2) is 0 Å². The molecule has 1 aliphatic rings. The largest absolute Gasteiger partial charge is 0.359 e. The maximum absolute atomic E-state index is 3.96. The summed E-state index contributed by atoms with van der Waals surface area (Å²) in [5.74, 6) is 0. The summed E-state index contributed by atoms with van der Waals surface area (Å²) in [6.07, 6.45) is 3.30. The molecular weight excluding hydrogens is 182 g/mol. The predicted molar refractivity (Wildman–Crippen MR) is 68.3 cm³/mol. The van der Waals surface area contributed by atoms with Crippen molar-refractivity contribution < 1.29 is 0 Å². The Hall–Kier alpha value is -1.24. The number of rotatable bonds is 1. The first kappa shape index (κ1) is 11.8. The monoisotopic (exact) mass is 203 g/mol. The van der Waals surface area contributed by atoms with E-state index in [1.54, 1.807) is 0 Å². The molecule has 82 valence electrons. The highest BCUT2D eigenvalue weighted by Gasteiger charge is 2.10. The summed E-state index contributed by atoms with van der Waals surface area (Å²) in [5, 5.41) is 3.34. The molecule has 0 aliphatic carbocycles. The first-order chi connectivity index (χ1) is 7.29. The third-order valence-electron chi connectivity index (χ3n) is 2.59. The standard InChI is InChI=1S/C12H15N.C2H6/c1-3-10-5-7-11-6-4-9(2)13-12(11)8-10;1-2/h5,7-8,13H,2-4,6H2,1H3;1-2H3. The van der Waals surface area contributed by atoms with Crippen molar-refractivity contribution in [3.05, 3.63) is 41.6 Å². The molecule has 1 aromatic carbocycles. The maximum Gasteiger partial charge on any atom is 0.0417 e. The van der Waals surface area contributed by atoms with E-state index in [1.165, 1.54) is 16.8 Å². The van der Waals surface area contributed by atoms with Gasteiger partial charge in [0.05, 0.1) is 0 Å². The lowest BCUT2D eigenvalue weighted by molar-refractivity contribution is 0.915. The molecule has 15 heavy (non-hydrogen) atoms. The zero-order chi connectivity index (χ0) is 11.3. The van der Waals surface area contributed by atoms with Crippen LogP contribution in [-0.2, 0) is 12.8 Å². The lowest BCUT2D eigenvalue weighted by Crippen LogP contribution is -2.09. The first-order valence-corrected chi connectivity index (χ1v) is 5.86. The van der Waals surface area contributed by atoms with E-state index in [2.05, 4.69) is 37.0 Å². The van der Waals surface area contributed by atoms with Crippen molar-refractivity contribution in [2.75, 3.05) is 5.32 Å². The summed E-state index contributed by atoms with van der Waals surface area (Å²) >= 11 is 0. The maximum atomic E-state index is 3.96. The Labute approximate surface area is 93.2 Å². The predicted octanol–water partition coefficient (Wildman–Crippen LogP) is 4.15. The molecule has 0 spiro atoms. The summed E-state index contributed by atoms with van der Waals surface area (Å²) in [6, 6.07) is 6.68. The van der Waals surface area contributed by atoms with Gasteiger partial charge in [-0.2, -0.15) is 0 Å². The van der Waals surface area contributed by atoms with Crippen molar-refractivity contribution in [2.45, 2.75) is 40.0 Å². The van der Waals surface area contributed by atoms with Crippen LogP contribution in [0.2, 0.25) is 0 Å². The molecule has 0 aromatic heterocycles. The van der Waals surface area contributed by atoms with E-state index in [-0.39, 0.29) is 0 Å². The van der Waals surface area contributed by atoms with Gasteiger partial charge in [0, 0.05) is 11.4 Å². The second kappa shape index (κ2) is 5.59. The second-order valence-corrected chi connectivity index (χ2v) is 3.57. The van der Waals surface area contributed by atoms with Gasteiger partial charge in [0.25, 0.3) is 0 Å². The minimum absolute atomic E-state index is 1.07. The number of aryl methyl sites for hydroxylation is 2. The zero-order valence-corrected chi connectivity index (χ0v) is 10.1. The van der Waals surface area contributed by atoms with Crippen molar-refractivity contribution >= 4 is 5.69 Å². The van der Waals surface area contributed by atoms with Crippen molar-refractivity contribution in [2.24, 2.45) is 0 Å². The summed E-state index contributed by atoms with van der Waals surface area (Å²) < 4.78 is 0. The highest BCUT2D eigenvalue weighted by molar-refractivity contribution is 5.58. The third-order valence-corrected chi connectivity index (χ3v) is 2.59. The van der Waals surface area contributed by atoms with Crippen LogP contribution in [0, 0.1) is 0 Å². The molecule has 1 nitrogen and oxygen atoms in total. The highest BCUT2D eigenvalue weighted by atomic mass is 14.9. The number of anilines is 1. The summed E-state index contributed by atoms with van der Waals surface area (Å²) in [7, 11) is 0. The van der Waals surface area contributed by atoms with E-state index in [1.807, 2.05) is 13.8 Å². The fourth-order valence-electron chi connectivity index (χ4n) is 1.72. The molecule has 0 unspecified atom stereocenters. The fraction of sp³-hybridized carbons (Fsp3) is 0.429. The number of benzene rings is 1. The van der Waals surface area contributed by atoms with Gasteiger partial charge in [0.2, 0.25) is 0 Å². The third kappa shape index (κ3) is 2.85. The summed E-state index contributed by atoms with van der Waals surface area (Å²) in [4.78, 5) is 0. The molecule has 0 saturated carbocycles. The van der Waals surface area contributed by atoms with Crippen LogP contribution in [0.3, 0.4) is 0 Å². The fourth-order valence-corrected chi connectivity index (χ4v) is 1.72. The van der Waals surface area contributed by atoms with Crippen LogP contribution in [0.15, 0.2) is 30.5 Å². The molecule has 0 fully saturated rings. The van der Waals surface area contributed by atoms with E-state index < -0.39 is 0 Å². The van der Waals surface area contributed by atoms with Gasteiger partial charge in [-0.1, -0.05) is 39.5 Å². The van der Waals surface area contributed by atoms with Gasteiger partial charge in [0.15, 0.2) is 0 Å². The molecule has 1 heterocycles. The van der Waals surface area contributed by atoms with E-state index in [9.17, 15) is 0 Å². The number of hydrogen-bond donors (Lipinski definition) is 1. The van der Waals surface area contributed by atoms with Gasteiger partial charge in [-0.3, -0.25) is 0 Å². The van der Waals surface area contributed by atoms with E-state index >= 15 is 0 Å². The number of nitrogens with one attached hydrogen (secondary N) is 1. The zero-order valence-electron chi connectivity index (χ0n) is 10.1. The van der Waals surface area contributed by atoms with E-state index in [0.717, 1.165) is 25.0 Å². The van der Waals surface area contributed by atoms with E-state index in [4.69, 9.17) is 0 Å². The Morgan fingerprint density at radius 2 is 2.00 bits per heavy atom. The Morgan fingerprint density at radius 1 is 1.27 bits per heavy atom. The average Bonchev–Trinajstić information content (AvgIpc) is 2.30. The molecule has 1 heteroatoms. The van der Waals surface area contributed by atoms with Gasteiger partial charge in [0.1, 0.15) is 0 Å². The van der Waals surface area contributed by atoms with Crippen LogP contribution in [0.25, 0.3) is 0 Å². The Kier molecular flexibility index (Phi) is 4.41. The molecular formula is C14H21N. The van der Waals surface area contributed by atoms with Crippen molar-refractivity contribution in [3.63, 3.8) is 0 Å². The summed E-state index contributed by atoms with van der Waals surface area (Å²) in [5.41, 5.74) is 5.21. The molecule has 1 N–H and O–H groups in total. The molecule has 0 bridgehead atoms. The van der Waals surface area contributed by atoms with Gasteiger partial charge in [-0.05, 0) is 36.5 Å². The van der Waals surface area contributed by atoms with Crippen molar-refractivity contribution in [1.82, 2.24) is 0 Å². The Balaban J connectivity index is 0.000000531. The molecule has 0 amide bonds. The van der Waals surface area contributed by atoms with Crippen LogP contribution in [-0.4, -0.2) is 0 Å². The normalized spacial score (nSPS) is 13.4. The molecule has 2 rings (SSSR count). The lowest BCUT2D eigenvalue weighted by Gasteiger charge is -2.20. The number of fused-ring (bicyclic) bond motifs is 1. The Morgan fingerprint density at radius 3 is 2.67 bits per heavy atom. The van der Waals surface area contributed by atoms with Crippen molar-refractivity contribution in [3.8, 4) is 0 Å². The van der Waals surface area contributed by atoms with Gasteiger partial charge in [-0.15, -0.1) is 0 Å². The van der Waals surface area contributed by atoms with Gasteiger partial charge >= 0.3 is 0 Å². The molecule has 0 atom stereocenters. The molecule has 1 aliphatic heterocycles. The number of hydrogen-bond acceptors (Lipinski definition) is 1. The van der Waals surface area contributed by atoms with Crippen LogP contribution in [0.4, 0.5) is 5.69 Å². The Bertz CT molecular complexity index is 339. The summed E-state index contributed by atoms with van der Waals surface area (Å²) in [6.45, 7) is 10.1. The smallest absolute Gasteiger partial charge is 0.0417 e. The average molecular weight is 203 g/mol. The molecule has 0 radical (unpaired) electrons. The molecule has 0 saturated heterocycles. The molecule has 1 aromatic rings. The van der Waals surface area contributed by atoms with Gasteiger partial charge < -0.3 is 5.32 Å². The first-order valence-electron chi connectivity index (χ1n) is 5.86. The highest BCUT2D eigenvalue weighted by Crippen LogP contribution is 2.26. The van der Waals surface area contributed by atoms with E-state index in [0.29, 0.717) is 0 Å². The van der Waals surface area contributed by atoms with Crippen LogP contribution in [0.1, 0.15) is 38.3 Å². The minimum atomic E-state index is 1.07. The van der Waals surface area contributed by atoms with Crippen LogP contribution >= 0.6 is 0 Å². The SMILES string of the molecule is C=C1CCc2ccc(CC)cc2N1.CC. The van der Waals surface area contributed by atoms with Crippen LogP contribution < -0.4 is 5.32 Å².